The molecule has 2 atom stereocenters. The Hall–Kier alpha value is -3.39. The van der Waals surface area contributed by atoms with Crippen molar-refractivity contribution in [1.82, 2.24) is 15.6 Å². The summed E-state index contributed by atoms with van der Waals surface area (Å²) in [5.41, 5.74) is 1.47. The second-order valence-corrected chi connectivity index (χ2v) is 7.50. The molecule has 8 heteroatoms. The quantitative estimate of drug-likeness (QED) is 0.489. The number of ether oxygens (including phenoxy) is 1. The summed E-state index contributed by atoms with van der Waals surface area (Å²) in [5.74, 6) is 0.294. The van der Waals surface area contributed by atoms with Gasteiger partial charge in [-0.1, -0.05) is 48.5 Å². The van der Waals surface area contributed by atoms with Gasteiger partial charge in [0.2, 0.25) is 5.91 Å². The van der Waals surface area contributed by atoms with E-state index in [9.17, 15) is 18.0 Å². The van der Waals surface area contributed by atoms with E-state index in [2.05, 4.69) is 15.6 Å². The number of hydrogen-bond donors (Lipinski definition) is 2. The number of alkyl halides is 3. The molecule has 0 saturated carbocycles. The van der Waals surface area contributed by atoms with Gasteiger partial charge in [0.15, 0.2) is 0 Å². The molecule has 2 N–H and O–H groups in total. The minimum absolute atomic E-state index is 0.168. The third-order valence-electron chi connectivity index (χ3n) is 5.42. The molecule has 1 aromatic heterocycles. The van der Waals surface area contributed by atoms with Crippen molar-refractivity contribution in [1.29, 1.82) is 0 Å². The Bertz CT molecular complexity index is 1020. The van der Waals surface area contributed by atoms with E-state index in [0.717, 1.165) is 17.2 Å². The van der Waals surface area contributed by atoms with E-state index in [0.29, 0.717) is 24.3 Å². The molecule has 3 rings (SSSR count). The SMILES string of the molecule is CNC(=O)[C@@H](NCC[C@H](c1ccc(OC)cc1)c1ccc(C(F)(F)F)nc1)c1ccccc1. The van der Waals surface area contributed by atoms with Gasteiger partial charge in [0.25, 0.3) is 0 Å². The molecule has 0 bridgehead atoms. The van der Waals surface area contributed by atoms with Crippen molar-refractivity contribution in [3.8, 4) is 5.75 Å². The Morgan fingerprint density at radius 3 is 2.18 bits per heavy atom. The average molecular weight is 457 g/mol. The number of carbonyl (C=O) groups is 1. The number of carbonyl (C=O) groups excluding carboxylic acids is 1. The van der Waals surface area contributed by atoms with Gasteiger partial charge in [-0.25, -0.2) is 0 Å². The Kier molecular flexibility index (Phi) is 8.06. The topological polar surface area (TPSA) is 63.2 Å². The average Bonchev–Trinajstić information content (AvgIpc) is 2.84. The van der Waals surface area contributed by atoms with Gasteiger partial charge in [0.1, 0.15) is 17.5 Å². The Morgan fingerprint density at radius 1 is 0.970 bits per heavy atom. The first-order valence-electron chi connectivity index (χ1n) is 10.5. The van der Waals surface area contributed by atoms with Crippen LogP contribution in [0.1, 0.15) is 40.8 Å². The predicted molar refractivity (Wildman–Crippen MR) is 120 cm³/mol. The van der Waals surface area contributed by atoms with Crippen LogP contribution in [0.25, 0.3) is 0 Å². The van der Waals surface area contributed by atoms with E-state index in [-0.39, 0.29) is 11.8 Å². The second-order valence-electron chi connectivity index (χ2n) is 7.50. The van der Waals surface area contributed by atoms with Gasteiger partial charge in [-0.2, -0.15) is 13.2 Å². The monoisotopic (exact) mass is 457 g/mol. The number of nitrogens with zero attached hydrogens (tertiary/aromatic N) is 1. The normalized spacial score (nSPS) is 13.2. The van der Waals surface area contributed by atoms with Crippen LogP contribution in [0.15, 0.2) is 72.9 Å². The van der Waals surface area contributed by atoms with Crippen LogP contribution in [0.4, 0.5) is 13.2 Å². The van der Waals surface area contributed by atoms with Gasteiger partial charge in [-0.3, -0.25) is 9.78 Å². The number of aromatic nitrogens is 1. The van der Waals surface area contributed by atoms with Crippen LogP contribution in [-0.2, 0) is 11.0 Å². The summed E-state index contributed by atoms with van der Waals surface area (Å²) < 4.78 is 44.1. The maximum atomic E-state index is 13.0. The van der Waals surface area contributed by atoms with Crippen LogP contribution < -0.4 is 15.4 Å². The van der Waals surface area contributed by atoms with E-state index in [4.69, 9.17) is 4.74 Å². The molecule has 0 radical (unpaired) electrons. The summed E-state index contributed by atoms with van der Waals surface area (Å²) >= 11 is 0. The maximum absolute atomic E-state index is 13.0. The molecule has 33 heavy (non-hydrogen) atoms. The van der Waals surface area contributed by atoms with Crippen molar-refractivity contribution in [2.24, 2.45) is 0 Å². The van der Waals surface area contributed by atoms with Gasteiger partial charge in [-0.05, 0) is 47.9 Å². The predicted octanol–water partition coefficient (Wildman–Crippen LogP) is 4.71. The van der Waals surface area contributed by atoms with Gasteiger partial charge in [-0.15, -0.1) is 0 Å². The lowest BCUT2D eigenvalue weighted by Gasteiger charge is -2.22. The molecule has 0 aliphatic rings. The summed E-state index contributed by atoms with van der Waals surface area (Å²) in [7, 11) is 3.15. The highest BCUT2D eigenvalue weighted by molar-refractivity contribution is 5.82. The number of pyridine rings is 1. The summed E-state index contributed by atoms with van der Waals surface area (Å²) in [6.45, 7) is 0.449. The number of halogens is 3. The fourth-order valence-corrected chi connectivity index (χ4v) is 3.66. The van der Waals surface area contributed by atoms with Crippen LogP contribution in [0.5, 0.6) is 5.75 Å². The second kappa shape index (κ2) is 11.0. The van der Waals surface area contributed by atoms with E-state index < -0.39 is 17.9 Å². The molecular formula is C25H26F3N3O2. The zero-order valence-electron chi connectivity index (χ0n) is 18.4. The van der Waals surface area contributed by atoms with Crippen LogP contribution in [0.2, 0.25) is 0 Å². The minimum atomic E-state index is -4.49. The van der Waals surface area contributed by atoms with Gasteiger partial charge in [0.05, 0.1) is 7.11 Å². The summed E-state index contributed by atoms with van der Waals surface area (Å²) in [6, 6.07) is 18.6. The highest BCUT2D eigenvalue weighted by atomic mass is 19.4. The molecule has 0 saturated heterocycles. The maximum Gasteiger partial charge on any atom is 0.433 e. The molecule has 0 spiro atoms. The van der Waals surface area contributed by atoms with Crippen LogP contribution in [-0.4, -0.2) is 31.6 Å². The molecule has 1 amide bonds. The molecule has 0 fully saturated rings. The summed E-state index contributed by atoms with van der Waals surface area (Å²) in [6.07, 6.45) is -2.68. The summed E-state index contributed by atoms with van der Waals surface area (Å²) in [4.78, 5) is 16.1. The molecule has 2 aromatic carbocycles. The molecular weight excluding hydrogens is 431 g/mol. The van der Waals surface area contributed by atoms with Crippen molar-refractivity contribution < 1.29 is 22.7 Å². The zero-order valence-corrected chi connectivity index (χ0v) is 18.4. The molecule has 1 heterocycles. The molecule has 5 nitrogen and oxygen atoms in total. The molecule has 0 unspecified atom stereocenters. The highest BCUT2D eigenvalue weighted by Crippen LogP contribution is 2.32. The number of amides is 1. The van der Waals surface area contributed by atoms with Gasteiger partial charge in [0, 0.05) is 19.2 Å². The zero-order chi connectivity index (χ0) is 23.8. The first-order chi connectivity index (χ1) is 15.8. The fourth-order valence-electron chi connectivity index (χ4n) is 3.66. The number of hydrogen-bond acceptors (Lipinski definition) is 4. The van der Waals surface area contributed by atoms with Crippen molar-refractivity contribution in [3.63, 3.8) is 0 Å². The number of likely N-dealkylation sites (N-methyl/N-ethyl adjacent to an activating group) is 1. The van der Waals surface area contributed by atoms with E-state index in [1.165, 1.54) is 12.3 Å². The third-order valence-corrected chi connectivity index (χ3v) is 5.42. The van der Waals surface area contributed by atoms with Crippen molar-refractivity contribution in [2.75, 3.05) is 20.7 Å². The summed E-state index contributed by atoms with van der Waals surface area (Å²) in [5, 5.41) is 5.94. The highest BCUT2D eigenvalue weighted by Gasteiger charge is 2.32. The molecule has 0 aliphatic heterocycles. The van der Waals surface area contributed by atoms with E-state index >= 15 is 0 Å². The third kappa shape index (κ3) is 6.32. The lowest BCUT2D eigenvalue weighted by molar-refractivity contribution is -0.141. The van der Waals surface area contributed by atoms with Crippen LogP contribution in [0.3, 0.4) is 0 Å². The number of benzene rings is 2. The lowest BCUT2D eigenvalue weighted by atomic mass is 9.89. The Morgan fingerprint density at radius 2 is 1.64 bits per heavy atom. The Labute approximate surface area is 191 Å². The molecule has 3 aromatic rings. The first-order valence-corrected chi connectivity index (χ1v) is 10.5. The number of rotatable bonds is 9. The molecule has 174 valence electrons. The van der Waals surface area contributed by atoms with Gasteiger partial charge < -0.3 is 15.4 Å². The van der Waals surface area contributed by atoms with Crippen molar-refractivity contribution in [2.45, 2.75) is 24.6 Å². The van der Waals surface area contributed by atoms with Crippen molar-refractivity contribution >= 4 is 5.91 Å². The number of nitrogens with one attached hydrogen (secondary N) is 2. The Balaban J connectivity index is 1.82. The molecule has 0 aliphatic carbocycles. The largest absolute Gasteiger partial charge is 0.497 e. The van der Waals surface area contributed by atoms with Crippen LogP contribution >= 0.6 is 0 Å². The van der Waals surface area contributed by atoms with E-state index in [1.807, 2.05) is 54.6 Å². The smallest absolute Gasteiger partial charge is 0.433 e. The van der Waals surface area contributed by atoms with Crippen molar-refractivity contribution in [3.05, 3.63) is 95.3 Å². The van der Waals surface area contributed by atoms with Crippen LogP contribution in [0, 0.1) is 0 Å². The standard InChI is InChI=1S/C25H26F3N3O2/c1-29-24(32)23(18-6-4-3-5-7-18)30-15-14-21(17-8-11-20(33-2)12-9-17)19-10-13-22(31-16-19)25(26,27)28/h3-13,16,21,23,30H,14-15H2,1-2H3,(H,29,32)/t21-,23+/m1/s1. The van der Waals surface area contributed by atoms with E-state index in [1.54, 1.807) is 14.2 Å². The minimum Gasteiger partial charge on any atom is -0.497 e. The van der Waals surface area contributed by atoms with Gasteiger partial charge >= 0.3 is 6.18 Å². The fraction of sp³-hybridized carbons (Fsp3) is 0.280. The lowest BCUT2D eigenvalue weighted by Crippen LogP contribution is -2.36. The first kappa shape index (κ1) is 24.3. The number of methoxy groups -OCH3 is 1.